The molecule has 2 N–H and O–H groups in total. The maximum absolute atomic E-state index is 5.91. The molecular formula is C13H16BrN3O2. The normalized spacial score (nSPS) is 12.4. The highest BCUT2D eigenvalue weighted by atomic mass is 79.9. The van der Waals surface area contributed by atoms with E-state index in [2.05, 4.69) is 26.1 Å². The van der Waals surface area contributed by atoms with Crippen molar-refractivity contribution in [3.8, 4) is 5.75 Å². The van der Waals surface area contributed by atoms with E-state index in [0.717, 1.165) is 22.2 Å². The van der Waals surface area contributed by atoms with Gasteiger partial charge in [0.1, 0.15) is 5.75 Å². The van der Waals surface area contributed by atoms with E-state index in [9.17, 15) is 0 Å². The van der Waals surface area contributed by atoms with Gasteiger partial charge in [-0.3, -0.25) is 0 Å². The van der Waals surface area contributed by atoms with E-state index in [1.807, 2.05) is 32.0 Å². The number of rotatable bonds is 5. The van der Waals surface area contributed by atoms with Crippen LogP contribution in [0.15, 0.2) is 27.2 Å². The van der Waals surface area contributed by atoms with Crippen molar-refractivity contribution in [2.24, 2.45) is 5.73 Å². The van der Waals surface area contributed by atoms with Crippen molar-refractivity contribution >= 4 is 15.9 Å². The van der Waals surface area contributed by atoms with Crippen molar-refractivity contribution in [1.29, 1.82) is 0 Å². The van der Waals surface area contributed by atoms with Gasteiger partial charge in [-0.05, 0) is 19.1 Å². The molecular weight excluding hydrogens is 310 g/mol. The summed E-state index contributed by atoms with van der Waals surface area (Å²) in [5, 5.41) is 3.82. The quantitative estimate of drug-likeness (QED) is 0.914. The molecule has 0 fully saturated rings. The molecule has 0 aliphatic rings. The summed E-state index contributed by atoms with van der Waals surface area (Å²) in [7, 11) is 0. The first kappa shape index (κ1) is 14.0. The Morgan fingerprint density at radius 1 is 1.47 bits per heavy atom. The first-order chi connectivity index (χ1) is 9.10. The highest BCUT2D eigenvalue weighted by Crippen LogP contribution is 2.28. The van der Waals surface area contributed by atoms with Crippen LogP contribution in [0.2, 0.25) is 0 Å². The fraction of sp³-hybridized carbons (Fsp3) is 0.385. The van der Waals surface area contributed by atoms with Crippen LogP contribution in [-0.4, -0.2) is 10.1 Å². The second-order valence-corrected chi connectivity index (χ2v) is 5.13. The van der Waals surface area contributed by atoms with Crippen LogP contribution in [-0.2, 0) is 13.0 Å². The van der Waals surface area contributed by atoms with Crippen LogP contribution in [0.4, 0.5) is 0 Å². The van der Waals surface area contributed by atoms with Crippen LogP contribution in [0.1, 0.15) is 37.2 Å². The van der Waals surface area contributed by atoms with E-state index < -0.39 is 0 Å². The van der Waals surface area contributed by atoms with Gasteiger partial charge in [-0.2, -0.15) is 4.98 Å². The zero-order chi connectivity index (χ0) is 13.8. The summed E-state index contributed by atoms with van der Waals surface area (Å²) in [6, 6.07) is 5.66. The van der Waals surface area contributed by atoms with Gasteiger partial charge in [0.25, 0.3) is 5.89 Å². The van der Waals surface area contributed by atoms with Gasteiger partial charge in [-0.1, -0.05) is 34.1 Å². The van der Waals surface area contributed by atoms with Gasteiger partial charge in [0.15, 0.2) is 12.4 Å². The van der Waals surface area contributed by atoms with E-state index in [1.165, 1.54) is 0 Å². The molecule has 0 aliphatic carbocycles. The summed E-state index contributed by atoms with van der Waals surface area (Å²) in [6.45, 7) is 4.12. The number of benzene rings is 1. The summed E-state index contributed by atoms with van der Waals surface area (Å²) in [5.74, 6) is 1.87. The molecule has 1 aromatic heterocycles. The minimum Gasteiger partial charge on any atom is -0.483 e. The van der Waals surface area contributed by atoms with Crippen LogP contribution < -0.4 is 10.5 Å². The lowest BCUT2D eigenvalue weighted by Gasteiger charge is -2.13. The number of aromatic nitrogens is 2. The molecule has 0 unspecified atom stereocenters. The number of aryl methyl sites for hydroxylation is 1. The van der Waals surface area contributed by atoms with Crippen molar-refractivity contribution in [3.63, 3.8) is 0 Å². The monoisotopic (exact) mass is 325 g/mol. The molecule has 0 radical (unpaired) electrons. The first-order valence-electron chi connectivity index (χ1n) is 6.09. The van der Waals surface area contributed by atoms with E-state index in [1.54, 1.807) is 0 Å². The number of hydrogen-bond acceptors (Lipinski definition) is 5. The molecule has 5 nitrogen and oxygen atoms in total. The predicted octanol–water partition coefficient (Wildman–Crippen LogP) is 2.99. The molecule has 0 amide bonds. The van der Waals surface area contributed by atoms with Gasteiger partial charge in [0.2, 0.25) is 0 Å². The summed E-state index contributed by atoms with van der Waals surface area (Å²) in [4.78, 5) is 4.20. The van der Waals surface area contributed by atoms with Gasteiger partial charge in [0, 0.05) is 22.5 Å². The summed E-state index contributed by atoms with van der Waals surface area (Å²) in [5.41, 5.74) is 6.86. The maximum atomic E-state index is 5.91. The molecule has 1 heterocycles. The fourth-order valence-electron chi connectivity index (χ4n) is 1.64. The Bertz CT molecular complexity index is 555. The van der Waals surface area contributed by atoms with Gasteiger partial charge >= 0.3 is 0 Å². The predicted molar refractivity (Wildman–Crippen MR) is 74.8 cm³/mol. The molecule has 6 heteroatoms. The van der Waals surface area contributed by atoms with E-state index >= 15 is 0 Å². The Morgan fingerprint density at radius 2 is 2.26 bits per heavy atom. The summed E-state index contributed by atoms with van der Waals surface area (Å²) >= 11 is 3.41. The third kappa shape index (κ3) is 3.54. The average Bonchev–Trinajstić information content (AvgIpc) is 2.84. The topological polar surface area (TPSA) is 74.2 Å². The average molecular weight is 326 g/mol. The van der Waals surface area contributed by atoms with E-state index in [-0.39, 0.29) is 12.6 Å². The Morgan fingerprint density at radius 3 is 2.89 bits per heavy atom. The SMILES string of the molecule is CCc1noc(COc2cc(Br)ccc2[C@H](C)N)n1. The highest BCUT2D eigenvalue weighted by molar-refractivity contribution is 9.10. The van der Waals surface area contributed by atoms with E-state index in [0.29, 0.717) is 11.7 Å². The summed E-state index contributed by atoms with van der Waals surface area (Å²) < 4.78 is 11.7. The van der Waals surface area contributed by atoms with Crippen LogP contribution in [0.5, 0.6) is 5.75 Å². The van der Waals surface area contributed by atoms with Gasteiger partial charge < -0.3 is 15.0 Å². The van der Waals surface area contributed by atoms with Crippen LogP contribution >= 0.6 is 15.9 Å². The molecule has 1 atom stereocenters. The standard InChI is InChI=1S/C13H16BrN3O2/c1-3-12-16-13(19-17-12)7-18-11-6-9(14)4-5-10(11)8(2)15/h4-6,8H,3,7,15H2,1-2H3/t8-/m0/s1. The van der Waals surface area contributed by atoms with Crippen molar-refractivity contribution < 1.29 is 9.26 Å². The van der Waals surface area contributed by atoms with Gasteiger partial charge in [-0.25, -0.2) is 0 Å². The number of ether oxygens (including phenoxy) is 1. The Balaban J connectivity index is 2.12. The molecule has 0 saturated heterocycles. The molecule has 1 aromatic carbocycles. The second-order valence-electron chi connectivity index (χ2n) is 4.22. The molecule has 2 aromatic rings. The highest BCUT2D eigenvalue weighted by Gasteiger charge is 2.11. The lowest BCUT2D eigenvalue weighted by atomic mass is 10.1. The molecule has 0 saturated carbocycles. The number of nitrogens with two attached hydrogens (primary N) is 1. The molecule has 2 rings (SSSR count). The third-order valence-corrected chi connectivity index (χ3v) is 3.14. The first-order valence-corrected chi connectivity index (χ1v) is 6.88. The molecule has 102 valence electrons. The molecule has 19 heavy (non-hydrogen) atoms. The van der Waals surface area contributed by atoms with Crippen LogP contribution in [0.25, 0.3) is 0 Å². The Hall–Kier alpha value is -1.40. The lowest BCUT2D eigenvalue weighted by Crippen LogP contribution is -2.08. The summed E-state index contributed by atoms with van der Waals surface area (Å²) in [6.07, 6.45) is 0.742. The Kier molecular flexibility index (Phi) is 4.55. The number of halogens is 1. The van der Waals surface area contributed by atoms with Gasteiger partial charge in [-0.15, -0.1) is 0 Å². The second kappa shape index (κ2) is 6.16. The fourth-order valence-corrected chi connectivity index (χ4v) is 1.98. The third-order valence-electron chi connectivity index (χ3n) is 2.64. The van der Waals surface area contributed by atoms with E-state index in [4.69, 9.17) is 15.0 Å². The number of hydrogen-bond donors (Lipinski definition) is 1. The van der Waals surface area contributed by atoms with Crippen molar-refractivity contribution in [1.82, 2.24) is 10.1 Å². The molecule has 0 spiro atoms. The largest absolute Gasteiger partial charge is 0.483 e. The molecule has 0 aliphatic heterocycles. The van der Waals surface area contributed by atoms with Crippen molar-refractivity contribution in [2.75, 3.05) is 0 Å². The van der Waals surface area contributed by atoms with Crippen molar-refractivity contribution in [2.45, 2.75) is 32.9 Å². The van der Waals surface area contributed by atoms with Crippen LogP contribution in [0, 0.1) is 0 Å². The minimum absolute atomic E-state index is 0.100. The zero-order valence-electron chi connectivity index (χ0n) is 10.9. The van der Waals surface area contributed by atoms with Crippen molar-refractivity contribution in [3.05, 3.63) is 40.0 Å². The van der Waals surface area contributed by atoms with Crippen LogP contribution in [0.3, 0.4) is 0 Å². The smallest absolute Gasteiger partial charge is 0.264 e. The lowest BCUT2D eigenvalue weighted by molar-refractivity contribution is 0.240. The number of nitrogens with zero attached hydrogens (tertiary/aromatic N) is 2. The molecule has 0 bridgehead atoms. The Labute approximate surface area is 120 Å². The minimum atomic E-state index is -0.100. The maximum Gasteiger partial charge on any atom is 0.264 e. The zero-order valence-corrected chi connectivity index (χ0v) is 12.5. The van der Waals surface area contributed by atoms with Gasteiger partial charge in [0.05, 0.1) is 0 Å².